The van der Waals surface area contributed by atoms with E-state index in [1.807, 2.05) is 18.7 Å². The Morgan fingerprint density at radius 2 is 2.15 bits per heavy atom. The normalized spacial score (nSPS) is 21.5. The number of benzene rings is 1. The van der Waals surface area contributed by atoms with Crippen molar-refractivity contribution in [1.29, 1.82) is 0 Å². The van der Waals surface area contributed by atoms with Gasteiger partial charge in [-0.2, -0.15) is 0 Å². The van der Waals surface area contributed by atoms with Crippen molar-refractivity contribution in [2.75, 3.05) is 18.4 Å². The molecule has 0 bridgehead atoms. The lowest BCUT2D eigenvalue weighted by Gasteiger charge is -2.33. The maximum atomic E-state index is 12.6. The average Bonchev–Trinajstić information content (AvgIpc) is 3.46. The SMILES string of the molecule is Cc1noc(NC(=O)N2CC/C(=C\c3cccc(C4CC4)c3)C(C)C2)c1C. The first-order chi connectivity index (χ1) is 13.0. The third kappa shape index (κ3) is 3.92. The van der Waals surface area contributed by atoms with E-state index in [1.165, 1.54) is 29.5 Å². The number of anilines is 1. The van der Waals surface area contributed by atoms with E-state index in [9.17, 15) is 4.79 Å². The molecule has 27 heavy (non-hydrogen) atoms. The van der Waals surface area contributed by atoms with Crippen LogP contribution in [0, 0.1) is 19.8 Å². The molecule has 5 nitrogen and oxygen atoms in total. The van der Waals surface area contributed by atoms with E-state index in [1.54, 1.807) is 0 Å². The number of carbonyl (C=O) groups excluding carboxylic acids is 1. The molecule has 1 unspecified atom stereocenters. The van der Waals surface area contributed by atoms with E-state index >= 15 is 0 Å². The third-order valence-electron chi connectivity index (χ3n) is 5.77. The Bertz CT molecular complexity index is 879. The van der Waals surface area contributed by atoms with Crippen LogP contribution in [0.4, 0.5) is 10.7 Å². The highest BCUT2D eigenvalue weighted by Crippen LogP contribution is 2.40. The molecule has 2 heterocycles. The van der Waals surface area contributed by atoms with Crippen LogP contribution < -0.4 is 5.32 Å². The molecule has 142 valence electrons. The molecular weight excluding hydrogens is 338 g/mol. The van der Waals surface area contributed by atoms with Gasteiger partial charge in [0.2, 0.25) is 5.88 Å². The molecule has 2 amide bonds. The van der Waals surface area contributed by atoms with Gasteiger partial charge in [0.1, 0.15) is 0 Å². The lowest BCUT2D eigenvalue weighted by molar-refractivity contribution is 0.197. The number of amides is 2. The zero-order valence-electron chi connectivity index (χ0n) is 16.3. The number of piperidine rings is 1. The summed E-state index contributed by atoms with van der Waals surface area (Å²) in [5.74, 6) is 1.56. The van der Waals surface area contributed by atoms with Crippen LogP contribution >= 0.6 is 0 Å². The Morgan fingerprint density at radius 3 is 2.81 bits per heavy atom. The van der Waals surface area contributed by atoms with Gasteiger partial charge in [-0.3, -0.25) is 5.32 Å². The molecule has 1 saturated carbocycles. The molecule has 0 radical (unpaired) electrons. The number of carbonyl (C=O) groups is 1. The Kier molecular flexibility index (Phi) is 4.77. The molecule has 1 saturated heterocycles. The van der Waals surface area contributed by atoms with Gasteiger partial charge in [-0.15, -0.1) is 0 Å². The zero-order chi connectivity index (χ0) is 19.0. The number of nitrogens with one attached hydrogen (secondary N) is 1. The minimum Gasteiger partial charge on any atom is -0.338 e. The van der Waals surface area contributed by atoms with Gasteiger partial charge in [-0.05, 0) is 56.1 Å². The molecule has 1 aliphatic carbocycles. The number of nitrogens with zero attached hydrogens (tertiary/aromatic N) is 2. The summed E-state index contributed by atoms with van der Waals surface area (Å²) in [6, 6.07) is 8.79. The van der Waals surface area contributed by atoms with Gasteiger partial charge in [0.25, 0.3) is 0 Å². The fraction of sp³-hybridized carbons (Fsp3) is 0.455. The van der Waals surface area contributed by atoms with Crippen LogP contribution in [0.3, 0.4) is 0 Å². The fourth-order valence-electron chi connectivity index (χ4n) is 3.69. The van der Waals surface area contributed by atoms with E-state index in [0.29, 0.717) is 18.3 Å². The van der Waals surface area contributed by atoms with Gasteiger partial charge >= 0.3 is 6.03 Å². The summed E-state index contributed by atoms with van der Waals surface area (Å²) in [5, 5.41) is 6.75. The number of hydrogen-bond acceptors (Lipinski definition) is 3. The molecular formula is C22H27N3O2. The molecule has 2 fully saturated rings. The summed E-state index contributed by atoms with van der Waals surface area (Å²) in [7, 11) is 0. The summed E-state index contributed by atoms with van der Waals surface area (Å²) in [6.07, 6.45) is 5.86. The summed E-state index contributed by atoms with van der Waals surface area (Å²) in [5.41, 5.74) is 5.85. The number of hydrogen-bond donors (Lipinski definition) is 1. The second kappa shape index (κ2) is 7.22. The van der Waals surface area contributed by atoms with Gasteiger partial charge in [0.15, 0.2) is 0 Å². The van der Waals surface area contributed by atoms with E-state index in [2.05, 4.69) is 47.7 Å². The lowest BCUT2D eigenvalue weighted by atomic mass is 9.91. The Morgan fingerprint density at radius 1 is 1.33 bits per heavy atom. The topological polar surface area (TPSA) is 58.4 Å². The van der Waals surface area contributed by atoms with Crippen LogP contribution in [0.1, 0.15) is 54.5 Å². The number of aryl methyl sites for hydroxylation is 1. The molecule has 1 aromatic carbocycles. The van der Waals surface area contributed by atoms with Crippen LogP contribution in [-0.4, -0.2) is 29.2 Å². The number of urea groups is 1. The van der Waals surface area contributed by atoms with Gasteiger partial charge in [0.05, 0.1) is 5.69 Å². The van der Waals surface area contributed by atoms with Crippen molar-refractivity contribution in [2.24, 2.45) is 5.92 Å². The molecule has 1 atom stereocenters. The van der Waals surface area contributed by atoms with Crippen molar-refractivity contribution in [1.82, 2.24) is 10.1 Å². The predicted octanol–water partition coefficient (Wildman–Crippen LogP) is 5.13. The first-order valence-electron chi connectivity index (χ1n) is 9.80. The van der Waals surface area contributed by atoms with Gasteiger partial charge in [-0.1, -0.05) is 48.0 Å². The highest BCUT2D eigenvalue weighted by atomic mass is 16.5. The highest BCUT2D eigenvalue weighted by molar-refractivity contribution is 5.88. The van der Waals surface area contributed by atoms with Gasteiger partial charge < -0.3 is 9.42 Å². The Balaban J connectivity index is 1.40. The van der Waals surface area contributed by atoms with Gasteiger partial charge in [-0.25, -0.2) is 4.79 Å². The maximum absolute atomic E-state index is 12.6. The molecule has 4 rings (SSSR count). The number of aromatic nitrogens is 1. The number of rotatable bonds is 3. The molecule has 5 heteroatoms. The third-order valence-corrected chi connectivity index (χ3v) is 5.77. The molecule has 0 spiro atoms. The van der Waals surface area contributed by atoms with Crippen LogP contribution in [0.2, 0.25) is 0 Å². The average molecular weight is 365 g/mol. The molecule has 1 aliphatic heterocycles. The standard InChI is InChI=1S/C22H27N3O2/c1-14-13-25(22(26)23-21-15(2)16(3)24-27-21)10-9-19(14)11-17-5-4-6-20(12-17)18-7-8-18/h4-6,11-12,14,18H,7-10,13H2,1-3H3,(H,23,26)/b19-11+. The van der Waals surface area contributed by atoms with Crippen LogP contribution in [0.15, 0.2) is 34.4 Å². The largest absolute Gasteiger partial charge is 0.338 e. The summed E-state index contributed by atoms with van der Waals surface area (Å²) in [4.78, 5) is 14.4. The van der Waals surface area contributed by atoms with Crippen molar-refractivity contribution in [3.63, 3.8) is 0 Å². The van der Waals surface area contributed by atoms with E-state index in [0.717, 1.165) is 30.1 Å². The quantitative estimate of drug-likeness (QED) is 0.821. The van der Waals surface area contributed by atoms with E-state index < -0.39 is 0 Å². The highest BCUT2D eigenvalue weighted by Gasteiger charge is 2.26. The lowest BCUT2D eigenvalue weighted by Crippen LogP contribution is -2.42. The fourth-order valence-corrected chi connectivity index (χ4v) is 3.69. The van der Waals surface area contributed by atoms with Crippen LogP contribution in [0.25, 0.3) is 6.08 Å². The summed E-state index contributed by atoms with van der Waals surface area (Å²) < 4.78 is 5.20. The maximum Gasteiger partial charge on any atom is 0.324 e. The van der Waals surface area contributed by atoms with Crippen molar-refractivity contribution in [2.45, 2.75) is 46.0 Å². The zero-order valence-corrected chi connectivity index (χ0v) is 16.3. The van der Waals surface area contributed by atoms with Crippen LogP contribution in [-0.2, 0) is 0 Å². The monoisotopic (exact) mass is 365 g/mol. The van der Waals surface area contributed by atoms with E-state index in [-0.39, 0.29) is 6.03 Å². The molecule has 2 aromatic rings. The van der Waals surface area contributed by atoms with E-state index in [4.69, 9.17) is 4.52 Å². The van der Waals surface area contributed by atoms with Crippen molar-refractivity contribution >= 4 is 18.0 Å². The first kappa shape index (κ1) is 17.8. The first-order valence-corrected chi connectivity index (χ1v) is 9.80. The Labute approximate surface area is 160 Å². The Hall–Kier alpha value is -2.56. The number of likely N-dealkylation sites (tertiary alicyclic amines) is 1. The molecule has 1 N–H and O–H groups in total. The molecule has 1 aromatic heterocycles. The van der Waals surface area contributed by atoms with Gasteiger partial charge in [0, 0.05) is 18.7 Å². The van der Waals surface area contributed by atoms with Crippen molar-refractivity contribution in [3.8, 4) is 0 Å². The smallest absolute Gasteiger partial charge is 0.324 e. The summed E-state index contributed by atoms with van der Waals surface area (Å²) >= 11 is 0. The second-order valence-corrected chi connectivity index (χ2v) is 7.91. The van der Waals surface area contributed by atoms with Crippen molar-refractivity contribution in [3.05, 3.63) is 52.2 Å². The minimum absolute atomic E-state index is 0.115. The molecule has 2 aliphatic rings. The predicted molar refractivity (Wildman–Crippen MR) is 107 cm³/mol. The minimum atomic E-state index is -0.115. The summed E-state index contributed by atoms with van der Waals surface area (Å²) in [6.45, 7) is 7.39. The van der Waals surface area contributed by atoms with Crippen molar-refractivity contribution < 1.29 is 9.32 Å². The van der Waals surface area contributed by atoms with Crippen LogP contribution in [0.5, 0.6) is 0 Å². The second-order valence-electron chi connectivity index (χ2n) is 7.91.